The zero-order chi connectivity index (χ0) is 12.4. The predicted molar refractivity (Wildman–Crippen MR) is 68.7 cm³/mol. The van der Waals surface area contributed by atoms with Gasteiger partial charge >= 0.3 is 0 Å². The molecule has 0 aliphatic heterocycles. The third-order valence-corrected chi connectivity index (χ3v) is 3.12. The molecule has 1 unspecified atom stereocenters. The Morgan fingerprint density at radius 3 is 2.82 bits per heavy atom. The molecule has 0 saturated heterocycles. The van der Waals surface area contributed by atoms with Crippen molar-refractivity contribution in [3.8, 4) is 11.5 Å². The summed E-state index contributed by atoms with van der Waals surface area (Å²) in [6, 6.07) is 7.45. The fourth-order valence-corrected chi connectivity index (χ4v) is 1.90. The van der Waals surface area contributed by atoms with Crippen molar-refractivity contribution in [1.29, 1.82) is 0 Å². The molecule has 3 heteroatoms. The van der Waals surface area contributed by atoms with E-state index in [4.69, 9.17) is 4.74 Å². The van der Waals surface area contributed by atoms with Crippen LogP contribution in [0.2, 0.25) is 0 Å². The van der Waals surface area contributed by atoms with Crippen LogP contribution in [0.15, 0.2) is 24.3 Å². The lowest BCUT2D eigenvalue weighted by molar-refractivity contribution is 0.418. The number of aromatic hydroxyl groups is 1. The van der Waals surface area contributed by atoms with E-state index in [1.54, 1.807) is 13.2 Å². The van der Waals surface area contributed by atoms with Crippen LogP contribution in [-0.4, -0.2) is 17.2 Å². The number of para-hydroxylation sites is 1. The van der Waals surface area contributed by atoms with Crippen LogP contribution in [0.25, 0.3) is 10.9 Å². The minimum atomic E-state index is 0.240. The highest BCUT2D eigenvalue weighted by Gasteiger charge is 2.13. The van der Waals surface area contributed by atoms with Gasteiger partial charge in [-0.2, -0.15) is 0 Å². The van der Waals surface area contributed by atoms with Crippen molar-refractivity contribution < 1.29 is 9.84 Å². The van der Waals surface area contributed by atoms with Crippen LogP contribution in [0.1, 0.15) is 31.9 Å². The molecule has 1 heterocycles. The van der Waals surface area contributed by atoms with Crippen molar-refractivity contribution in [1.82, 2.24) is 4.98 Å². The van der Waals surface area contributed by atoms with E-state index in [1.165, 1.54) is 0 Å². The van der Waals surface area contributed by atoms with Crippen LogP contribution in [0.5, 0.6) is 11.5 Å². The van der Waals surface area contributed by atoms with E-state index in [9.17, 15) is 5.11 Å². The van der Waals surface area contributed by atoms with Gasteiger partial charge in [-0.15, -0.1) is 0 Å². The van der Waals surface area contributed by atoms with E-state index < -0.39 is 0 Å². The average molecular weight is 231 g/mol. The van der Waals surface area contributed by atoms with Crippen molar-refractivity contribution in [2.75, 3.05) is 7.11 Å². The van der Waals surface area contributed by atoms with Gasteiger partial charge in [0.05, 0.1) is 12.8 Å². The summed E-state index contributed by atoms with van der Waals surface area (Å²) in [7, 11) is 1.63. The van der Waals surface area contributed by atoms with E-state index in [1.807, 2.05) is 18.2 Å². The molecule has 0 amide bonds. The van der Waals surface area contributed by atoms with Crippen LogP contribution in [0.4, 0.5) is 0 Å². The molecule has 0 aliphatic rings. The van der Waals surface area contributed by atoms with Gasteiger partial charge in [-0.25, -0.2) is 4.98 Å². The molecule has 0 aliphatic carbocycles. The molecule has 2 aromatic rings. The molecule has 1 atom stereocenters. The molecule has 1 aromatic heterocycles. The first-order chi connectivity index (χ1) is 8.17. The Balaban J connectivity index is 2.68. The SMILES string of the molecule is CCC(C)c1nc2c(OC)cccc2cc1O. The van der Waals surface area contributed by atoms with Gasteiger partial charge in [0, 0.05) is 11.3 Å². The van der Waals surface area contributed by atoms with Gasteiger partial charge in [-0.05, 0) is 18.6 Å². The summed E-state index contributed by atoms with van der Waals surface area (Å²) in [5.74, 6) is 1.25. The third-order valence-electron chi connectivity index (χ3n) is 3.12. The van der Waals surface area contributed by atoms with Crippen molar-refractivity contribution in [2.24, 2.45) is 0 Å². The first-order valence-electron chi connectivity index (χ1n) is 5.84. The fraction of sp³-hybridized carbons (Fsp3) is 0.357. The highest BCUT2D eigenvalue weighted by molar-refractivity contribution is 5.86. The Labute approximate surface area is 101 Å². The predicted octanol–water partition coefficient (Wildman–Crippen LogP) is 3.46. The Morgan fingerprint density at radius 2 is 2.18 bits per heavy atom. The smallest absolute Gasteiger partial charge is 0.145 e. The maximum atomic E-state index is 9.97. The van der Waals surface area contributed by atoms with Crippen molar-refractivity contribution in [3.05, 3.63) is 30.0 Å². The van der Waals surface area contributed by atoms with Gasteiger partial charge in [-0.1, -0.05) is 26.0 Å². The second kappa shape index (κ2) is 4.62. The number of benzene rings is 1. The number of ether oxygens (including phenoxy) is 1. The van der Waals surface area contributed by atoms with Gasteiger partial charge in [0.15, 0.2) is 0 Å². The van der Waals surface area contributed by atoms with E-state index in [0.717, 1.165) is 28.8 Å². The highest BCUT2D eigenvalue weighted by Crippen LogP contribution is 2.32. The lowest BCUT2D eigenvalue weighted by Crippen LogP contribution is -1.98. The summed E-state index contributed by atoms with van der Waals surface area (Å²) in [4.78, 5) is 4.54. The number of hydrogen-bond donors (Lipinski definition) is 1. The molecule has 2 rings (SSSR count). The third kappa shape index (κ3) is 2.05. The van der Waals surface area contributed by atoms with Crippen LogP contribution in [0, 0.1) is 0 Å². The lowest BCUT2D eigenvalue weighted by Gasteiger charge is -2.12. The normalized spacial score (nSPS) is 12.6. The number of pyridine rings is 1. The molecule has 0 saturated carbocycles. The lowest BCUT2D eigenvalue weighted by atomic mass is 10.0. The van der Waals surface area contributed by atoms with Gasteiger partial charge in [0.1, 0.15) is 17.0 Å². The Morgan fingerprint density at radius 1 is 1.41 bits per heavy atom. The van der Waals surface area contributed by atoms with Gasteiger partial charge in [0.2, 0.25) is 0 Å². The monoisotopic (exact) mass is 231 g/mol. The minimum Gasteiger partial charge on any atom is -0.506 e. The number of nitrogens with zero attached hydrogens (tertiary/aromatic N) is 1. The zero-order valence-electron chi connectivity index (χ0n) is 10.4. The Bertz CT molecular complexity index is 537. The van der Waals surface area contributed by atoms with Gasteiger partial charge < -0.3 is 9.84 Å². The standard InChI is InChI=1S/C14H17NO2/c1-4-9(2)13-11(16)8-10-6-5-7-12(17-3)14(10)15-13/h5-9,16H,4H2,1-3H3. The second-order valence-electron chi connectivity index (χ2n) is 4.23. The van der Waals surface area contributed by atoms with Crippen molar-refractivity contribution in [3.63, 3.8) is 0 Å². The van der Waals surface area contributed by atoms with Crippen LogP contribution >= 0.6 is 0 Å². The second-order valence-corrected chi connectivity index (χ2v) is 4.23. The van der Waals surface area contributed by atoms with Gasteiger partial charge in [0.25, 0.3) is 0 Å². The average Bonchev–Trinajstić information content (AvgIpc) is 2.36. The molecule has 3 nitrogen and oxygen atoms in total. The largest absolute Gasteiger partial charge is 0.506 e. The molecule has 0 bridgehead atoms. The van der Waals surface area contributed by atoms with Crippen LogP contribution in [-0.2, 0) is 0 Å². The number of fused-ring (bicyclic) bond motifs is 1. The summed E-state index contributed by atoms with van der Waals surface area (Å²) >= 11 is 0. The number of rotatable bonds is 3. The van der Waals surface area contributed by atoms with Crippen molar-refractivity contribution >= 4 is 10.9 Å². The van der Waals surface area contributed by atoms with E-state index in [2.05, 4.69) is 18.8 Å². The quantitative estimate of drug-likeness (QED) is 0.879. The van der Waals surface area contributed by atoms with Crippen LogP contribution < -0.4 is 4.74 Å². The maximum absolute atomic E-state index is 9.97. The molecular weight excluding hydrogens is 214 g/mol. The highest BCUT2D eigenvalue weighted by atomic mass is 16.5. The zero-order valence-corrected chi connectivity index (χ0v) is 10.4. The van der Waals surface area contributed by atoms with Crippen molar-refractivity contribution in [2.45, 2.75) is 26.2 Å². The fourth-order valence-electron chi connectivity index (χ4n) is 1.90. The molecular formula is C14H17NO2. The van der Waals surface area contributed by atoms with E-state index in [0.29, 0.717) is 0 Å². The Hall–Kier alpha value is -1.77. The number of hydrogen-bond acceptors (Lipinski definition) is 3. The summed E-state index contributed by atoms with van der Waals surface area (Å²) in [5, 5.41) is 10.9. The molecule has 90 valence electrons. The molecule has 1 aromatic carbocycles. The van der Waals surface area contributed by atoms with Gasteiger partial charge in [-0.3, -0.25) is 0 Å². The van der Waals surface area contributed by atoms with E-state index >= 15 is 0 Å². The number of aromatic nitrogens is 1. The summed E-state index contributed by atoms with van der Waals surface area (Å²) in [5.41, 5.74) is 1.55. The summed E-state index contributed by atoms with van der Waals surface area (Å²) in [6.07, 6.45) is 0.946. The first-order valence-corrected chi connectivity index (χ1v) is 5.84. The molecule has 0 spiro atoms. The molecule has 0 radical (unpaired) electrons. The molecule has 1 N–H and O–H groups in total. The minimum absolute atomic E-state index is 0.240. The first kappa shape index (κ1) is 11.7. The maximum Gasteiger partial charge on any atom is 0.145 e. The molecule has 0 fully saturated rings. The Kier molecular flexibility index (Phi) is 3.18. The van der Waals surface area contributed by atoms with E-state index in [-0.39, 0.29) is 11.7 Å². The number of methoxy groups -OCH3 is 1. The summed E-state index contributed by atoms with van der Waals surface area (Å²) in [6.45, 7) is 4.14. The topological polar surface area (TPSA) is 42.4 Å². The molecule has 17 heavy (non-hydrogen) atoms. The van der Waals surface area contributed by atoms with Crippen LogP contribution in [0.3, 0.4) is 0 Å². The summed E-state index contributed by atoms with van der Waals surface area (Å²) < 4.78 is 5.29.